The molecule has 4 nitrogen and oxygen atoms in total. The van der Waals surface area contributed by atoms with Crippen LogP contribution in [0.2, 0.25) is 4.34 Å². The van der Waals surface area contributed by atoms with E-state index in [1.807, 2.05) is 18.2 Å². The Bertz CT molecular complexity index is 1180. The van der Waals surface area contributed by atoms with E-state index in [1.54, 1.807) is 34.8 Å². The first-order valence-electron chi connectivity index (χ1n) is 9.42. The van der Waals surface area contributed by atoms with Gasteiger partial charge in [-0.25, -0.2) is 4.98 Å². The van der Waals surface area contributed by atoms with Crippen LogP contribution in [0.5, 0.6) is 0 Å². The monoisotopic (exact) mass is 495 g/mol. The van der Waals surface area contributed by atoms with E-state index < -0.39 is 0 Å². The van der Waals surface area contributed by atoms with Crippen molar-refractivity contribution in [2.45, 2.75) is 19.9 Å². The molecule has 3 aromatic heterocycles. The molecule has 0 spiro atoms. The van der Waals surface area contributed by atoms with Gasteiger partial charge in [0.1, 0.15) is 10.0 Å². The summed E-state index contributed by atoms with van der Waals surface area (Å²) >= 11 is 10.7. The summed E-state index contributed by atoms with van der Waals surface area (Å²) in [7, 11) is 0. The molecule has 9 heteroatoms. The van der Waals surface area contributed by atoms with Crippen LogP contribution in [0.4, 0.5) is 5.00 Å². The lowest BCUT2D eigenvalue weighted by molar-refractivity contribution is 0.103. The highest BCUT2D eigenvalue weighted by Gasteiger charge is 2.27. The number of anilines is 1. The van der Waals surface area contributed by atoms with Gasteiger partial charge in [0.15, 0.2) is 0 Å². The van der Waals surface area contributed by atoms with Crippen LogP contribution in [0, 0.1) is 0 Å². The standard InChI is InChI=1S/C21H18ClN3OS3.ClH/c1-2-25-10-9-12-16(11-25)29-21(24-19(26)15-7-8-17(22)27-15)18(12)20-23-13-5-3-4-6-14(13)28-20;/h3-8H,2,9-11H2,1H3,(H,24,26);1H. The van der Waals surface area contributed by atoms with Gasteiger partial charge >= 0.3 is 0 Å². The number of hydrogen-bond donors (Lipinski definition) is 1. The molecule has 0 aliphatic carbocycles. The summed E-state index contributed by atoms with van der Waals surface area (Å²) in [5, 5.41) is 5.02. The number of aromatic nitrogens is 1. The van der Waals surface area contributed by atoms with Crippen molar-refractivity contribution >= 4 is 79.1 Å². The quantitative estimate of drug-likeness (QED) is 0.338. The van der Waals surface area contributed by atoms with Crippen LogP contribution in [0.25, 0.3) is 20.8 Å². The molecule has 0 radical (unpaired) electrons. The maximum Gasteiger partial charge on any atom is 0.266 e. The molecule has 0 bridgehead atoms. The first-order valence-corrected chi connectivity index (χ1v) is 12.2. The second-order valence-corrected chi connectivity index (χ2v) is 10.7. The number of likely N-dealkylation sites (N-methyl/N-ethyl adjacent to an activating group) is 1. The molecule has 156 valence electrons. The van der Waals surface area contributed by atoms with E-state index in [0.717, 1.165) is 51.8 Å². The van der Waals surface area contributed by atoms with Crippen LogP contribution in [-0.4, -0.2) is 28.9 Å². The van der Waals surface area contributed by atoms with E-state index in [2.05, 4.69) is 23.2 Å². The van der Waals surface area contributed by atoms with E-state index in [1.165, 1.54) is 21.8 Å². The minimum atomic E-state index is -0.116. The maximum absolute atomic E-state index is 12.8. The Kier molecular flexibility index (Phi) is 6.48. The topological polar surface area (TPSA) is 45.2 Å². The van der Waals surface area contributed by atoms with Crippen LogP contribution in [0.3, 0.4) is 0 Å². The zero-order valence-electron chi connectivity index (χ0n) is 16.1. The van der Waals surface area contributed by atoms with Gasteiger partial charge in [-0.2, -0.15) is 0 Å². The van der Waals surface area contributed by atoms with Gasteiger partial charge in [0.05, 0.1) is 19.4 Å². The zero-order valence-corrected chi connectivity index (χ0v) is 20.1. The van der Waals surface area contributed by atoms with E-state index in [0.29, 0.717) is 9.21 Å². The highest BCUT2D eigenvalue weighted by molar-refractivity contribution is 7.23. The lowest BCUT2D eigenvalue weighted by Gasteiger charge is -2.25. The number of rotatable bonds is 4. The normalized spacial score (nSPS) is 13.8. The Hall–Kier alpha value is -1.48. The minimum Gasteiger partial charge on any atom is -0.312 e. The van der Waals surface area contributed by atoms with Crippen molar-refractivity contribution in [3.05, 3.63) is 56.1 Å². The summed E-state index contributed by atoms with van der Waals surface area (Å²) in [5.74, 6) is -0.116. The van der Waals surface area contributed by atoms with Gasteiger partial charge in [0.25, 0.3) is 5.91 Å². The second kappa shape index (κ2) is 8.94. The van der Waals surface area contributed by atoms with Crippen molar-refractivity contribution in [2.75, 3.05) is 18.4 Å². The summed E-state index contributed by atoms with van der Waals surface area (Å²) in [5.41, 5.74) is 3.43. The molecule has 0 saturated heterocycles. The highest BCUT2D eigenvalue weighted by atomic mass is 35.5. The summed E-state index contributed by atoms with van der Waals surface area (Å²) < 4.78 is 1.78. The van der Waals surface area contributed by atoms with E-state index >= 15 is 0 Å². The third-order valence-electron chi connectivity index (χ3n) is 5.11. The molecule has 5 rings (SSSR count). The Morgan fingerprint density at radius 3 is 2.77 bits per heavy atom. The van der Waals surface area contributed by atoms with Crippen LogP contribution >= 0.6 is 58.0 Å². The highest BCUT2D eigenvalue weighted by Crippen LogP contribution is 2.45. The van der Waals surface area contributed by atoms with Gasteiger partial charge in [0, 0.05) is 23.5 Å². The number of fused-ring (bicyclic) bond motifs is 2. The van der Waals surface area contributed by atoms with Crippen molar-refractivity contribution in [3.63, 3.8) is 0 Å². The number of para-hydroxylation sites is 1. The van der Waals surface area contributed by atoms with Crippen molar-refractivity contribution in [3.8, 4) is 10.6 Å². The smallest absolute Gasteiger partial charge is 0.266 e. The van der Waals surface area contributed by atoms with Crippen LogP contribution < -0.4 is 5.32 Å². The first kappa shape index (κ1) is 21.7. The fraction of sp³-hybridized carbons (Fsp3) is 0.238. The molecule has 30 heavy (non-hydrogen) atoms. The molecule has 1 N–H and O–H groups in total. The average Bonchev–Trinajstić information content (AvgIpc) is 3.42. The SMILES string of the molecule is CCN1CCc2c(sc(NC(=O)c3ccc(Cl)s3)c2-c2nc3ccccc3s2)C1.Cl. The summed E-state index contributed by atoms with van der Waals surface area (Å²) in [4.78, 5) is 22.1. The minimum absolute atomic E-state index is 0. The van der Waals surface area contributed by atoms with Crippen molar-refractivity contribution < 1.29 is 4.79 Å². The number of nitrogens with zero attached hydrogens (tertiary/aromatic N) is 2. The second-order valence-electron chi connectivity index (χ2n) is 6.87. The van der Waals surface area contributed by atoms with Gasteiger partial charge in [-0.1, -0.05) is 30.7 Å². The van der Waals surface area contributed by atoms with Gasteiger partial charge in [-0.15, -0.1) is 46.4 Å². The Labute approximate surface area is 197 Å². The Morgan fingerprint density at radius 1 is 1.20 bits per heavy atom. The number of benzene rings is 1. The lowest BCUT2D eigenvalue weighted by Crippen LogP contribution is -2.29. The number of halogens is 2. The summed E-state index contributed by atoms with van der Waals surface area (Å²) in [6, 6.07) is 11.7. The number of thiophene rings is 2. The molecule has 1 amide bonds. The number of amides is 1. The van der Waals surface area contributed by atoms with Crippen molar-refractivity contribution in [1.82, 2.24) is 9.88 Å². The predicted molar refractivity (Wildman–Crippen MR) is 132 cm³/mol. The Morgan fingerprint density at radius 2 is 2.03 bits per heavy atom. The van der Waals surface area contributed by atoms with Gasteiger partial charge in [-0.3, -0.25) is 9.69 Å². The third-order valence-corrected chi connectivity index (χ3v) is 8.53. The van der Waals surface area contributed by atoms with Crippen LogP contribution in [-0.2, 0) is 13.0 Å². The van der Waals surface area contributed by atoms with Crippen LogP contribution in [0.15, 0.2) is 36.4 Å². The summed E-state index contributed by atoms with van der Waals surface area (Å²) in [6.45, 7) is 5.18. The van der Waals surface area contributed by atoms with Crippen molar-refractivity contribution in [1.29, 1.82) is 0 Å². The molecule has 1 aliphatic heterocycles. The first-order chi connectivity index (χ1) is 14.1. The number of carbonyl (C=O) groups is 1. The molecule has 1 aromatic carbocycles. The molecular formula is C21H19Cl2N3OS3. The number of hydrogen-bond acceptors (Lipinski definition) is 6. The third kappa shape index (κ3) is 4.02. The molecule has 0 saturated carbocycles. The molecule has 1 aliphatic rings. The maximum atomic E-state index is 12.8. The fourth-order valence-corrected chi connectivity index (χ4v) is 6.95. The zero-order chi connectivity index (χ0) is 20.0. The molecule has 0 atom stereocenters. The Balaban J connectivity index is 0.00000218. The van der Waals surface area contributed by atoms with Gasteiger partial charge in [-0.05, 0) is 42.8 Å². The molecule has 0 fully saturated rings. The average molecular weight is 497 g/mol. The molecule has 4 aromatic rings. The molecular weight excluding hydrogens is 477 g/mol. The van der Waals surface area contributed by atoms with E-state index in [9.17, 15) is 4.79 Å². The fourth-order valence-electron chi connectivity index (χ4n) is 3.62. The van der Waals surface area contributed by atoms with E-state index in [-0.39, 0.29) is 18.3 Å². The van der Waals surface area contributed by atoms with Crippen LogP contribution in [0.1, 0.15) is 27.0 Å². The largest absolute Gasteiger partial charge is 0.312 e. The molecule has 4 heterocycles. The van der Waals surface area contributed by atoms with Crippen molar-refractivity contribution in [2.24, 2.45) is 0 Å². The number of carbonyl (C=O) groups excluding carboxylic acids is 1. The van der Waals surface area contributed by atoms with E-state index in [4.69, 9.17) is 16.6 Å². The van der Waals surface area contributed by atoms with Gasteiger partial charge < -0.3 is 5.32 Å². The molecule has 0 unspecified atom stereocenters. The summed E-state index contributed by atoms with van der Waals surface area (Å²) in [6.07, 6.45) is 0.978. The number of thiazole rings is 1. The number of nitrogens with one attached hydrogen (secondary N) is 1. The lowest BCUT2D eigenvalue weighted by atomic mass is 10.0. The predicted octanol–water partition coefficient (Wildman–Crippen LogP) is 6.79. The van der Waals surface area contributed by atoms with Gasteiger partial charge in [0.2, 0.25) is 0 Å².